The predicted molar refractivity (Wildman–Crippen MR) is 83.5 cm³/mol. The molecule has 0 bridgehead atoms. The molecule has 1 aromatic rings. The van der Waals surface area contributed by atoms with E-state index in [0.717, 1.165) is 12.1 Å². The highest BCUT2D eigenvalue weighted by molar-refractivity contribution is 6.31. The Morgan fingerprint density at radius 2 is 2.10 bits per heavy atom. The first-order chi connectivity index (χ1) is 9.81. The number of hydrogen-bond acceptors (Lipinski definition) is 4. The number of amides is 1. The normalized spacial score (nSPS) is 10.6. The molecule has 114 valence electrons. The highest BCUT2D eigenvalue weighted by atomic mass is 35.5. The van der Waals surface area contributed by atoms with E-state index in [1.807, 2.05) is 32.9 Å². The number of nitrogens with one attached hydrogen (secondary N) is 2. The van der Waals surface area contributed by atoms with Crippen molar-refractivity contribution in [3.8, 4) is 6.07 Å². The largest absolute Gasteiger partial charge is 0.444 e. The van der Waals surface area contributed by atoms with Gasteiger partial charge in [0, 0.05) is 18.8 Å². The summed E-state index contributed by atoms with van der Waals surface area (Å²) in [5.74, 6) is 0. The summed E-state index contributed by atoms with van der Waals surface area (Å²) >= 11 is 5.86. The standard InChI is InChI=1S/C15H20ClN3O2/c1-15(2,3)21-14(20)19-8-4-7-18-12-5-6-13(16)11(9-12)10-17/h5-6,9,18H,4,7-8H2,1-3H3,(H,19,20). The Morgan fingerprint density at radius 3 is 2.71 bits per heavy atom. The van der Waals surface area contributed by atoms with Crippen LogP contribution in [0.15, 0.2) is 18.2 Å². The lowest BCUT2D eigenvalue weighted by molar-refractivity contribution is 0.0528. The highest BCUT2D eigenvalue weighted by Gasteiger charge is 2.15. The van der Waals surface area contributed by atoms with Gasteiger partial charge in [0.15, 0.2) is 0 Å². The van der Waals surface area contributed by atoms with Crippen LogP contribution >= 0.6 is 11.6 Å². The molecule has 1 aromatic carbocycles. The molecule has 0 radical (unpaired) electrons. The van der Waals surface area contributed by atoms with Crippen LogP contribution in [0.4, 0.5) is 10.5 Å². The summed E-state index contributed by atoms with van der Waals surface area (Å²) in [6.45, 7) is 6.65. The maximum Gasteiger partial charge on any atom is 0.407 e. The third kappa shape index (κ3) is 6.87. The molecule has 0 aliphatic rings. The van der Waals surface area contributed by atoms with Gasteiger partial charge < -0.3 is 15.4 Å². The van der Waals surface area contributed by atoms with Crippen LogP contribution in [0.2, 0.25) is 5.02 Å². The summed E-state index contributed by atoms with van der Waals surface area (Å²) in [5.41, 5.74) is 0.779. The quantitative estimate of drug-likeness (QED) is 0.816. The lowest BCUT2D eigenvalue weighted by Gasteiger charge is -2.19. The maximum atomic E-state index is 11.4. The number of rotatable bonds is 5. The number of hydrogen-bond donors (Lipinski definition) is 2. The number of nitrogens with zero attached hydrogens (tertiary/aromatic N) is 1. The van der Waals surface area contributed by atoms with Crippen molar-refractivity contribution in [1.82, 2.24) is 5.32 Å². The van der Waals surface area contributed by atoms with Gasteiger partial charge in [0.05, 0.1) is 10.6 Å². The van der Waals surface area contributed by atoms with Gasteiger partial charge in [0.25, 0.3) is 0 Å². The molecule has 0 aromatic heterocycles. The van der Waals surface area contributed by atoms with Crippen LogP contribution in [0.25, 0.3) is 0 Å². The zero-order chi connectivity index (χ0) is 15.9. The van der Waals surface area contributed by atoms with Crippen LogP contribution in [0, 0.1) is 11.3 Å². The molecule has 0 heterocycles. The third-order valence-corrected chi connectivity index (χ3v) is 2.77. The van der Waals surface area contributed by atoms with E-state index in [1.165, 1.54) is 0 Å². The van der Waals surface area contributed by atoms with Crippen molar-refractivity contribution in [2.45, 2.75) is 32.8 Å². The van der Waals surface area contributed by atoms with Crippen molar-refractivity contribution in [1.29, 1.82) is 5.26 Å². The van der Waals surface area contributed by atoms with Gasteiger partial charge in [-0.1, -0.05) is 11.6 Å². The fourth-order valence-electron chi connectivity index (χ4n) is 1.55. The highest BCUT2D eigenvalue weighted by Crippen LogP contribution is 2.19. The first-order valence-corrected chi connectivity index (χ1v) is 7.10. The Balaban J connectivity index is 2.26. The number of nitriles is 1. The molecule has 0 saturated carbocycles. The first kappa shape index (κ1) is 17.1. The molecule has 0 unspecified atom stereocenters. The predicted octanol–water partition coefficient (Wildman–Crippen LogP) is 3.54. The Bertz CT molecular complexity index is 533. The molecule has 5 nitrogen and oxygen atoms in total. The summed E-state index contributed by atoms with van der Waals surface area (Å²) in [6.07, 6.45) is 0.324. The van der Waals surface area contributed by atoms with E-state index in [-0.39, 0.29) is 0 Å². The van der Waals surface area contributed by atoms with Crippen LogP contribution in [-0.4, -0.2) is 24.8 Å². The van der Waals surface area contributed by atoms with Crippen molar-refractivity contribution in [3.63, 3.8) is 0 Å². The molecule has 2 N–H and O–H groups in total. The van der Waals surface area contributed by atoms with Gasteiger partial charge in [-0.2, -0.15) is 5.26 Å². The zero-order valence-corrected chi connectivity index (χ0v) is 13.3. The Labute approximate surface area is 130 Å². The minimum Gasteiger partial charge on any atom is -0.444 e. The SMILES string of the molecule is CC(C)(C)OC(=O)NCCCNc1ccc(Cl)c(C#N)c1. The van der Waals surface area contributed by atoms with E-state index in [9.17, 15) is 4.79 Å². The lowest BCUT2D eigenvalue weighted by atomic mass is 10.2. The molecular weight excluding hydrogens is 290 g/mol. The average molecular weight is 310 g/mol. The number of alkyl carbamates (subject to hydrolysis) is 1. The molecule has 0 atom stereocenters. The first-order valence-electron chi connectivity index (χ1n) is 6.72. The van der Waals surface area contributed by atoms with Crippen LogP contribution in [0.3, 0.4) is 0 Å². The van der Waals surface area contributed by atoms with Crippen molar-refractivity contribution in [2.24, 2.45) is 0 Å². The van der Waals surface area contributed by atoms with Gasteiger partial charge in [-0.25, -0.2) is 4.79 Å². The number of carbonyl (C=O) groups excluding carboxylic acids is 1. The van der Waals surface area contributed by atoms with Gasteiger partial charge in [-0.3, -0.25) is 0 Å². The number of halogens is 1. The third-order valence-electron chi connectivity index (χ3n) is 2.44. The number of carbonyl (C=O) groups is 1. The summed E-state index contributed by atoms with van der Waals surface area (Å²) in [4.78, 5) is 11.4. The van der Waals surface area contributed by atoms with Gasteiger partial charge in [-0.15, -0.1) is 0 Å². The second-order valence-corrected chi connectivity index (χ2v) is 5.92. The summed E-state index contributed by atoms with van der Waals surface area (Å²) in [5, 5.41) is 15.2. The van der Waals surface area contributed by atoms with Crippen LogP contribution < -0.4 is 10.6 Å². The van der Waals surface area contributed by atoms with Gasteiger partial charge in [-0.05, 0) is 45.4 Å². The van der Waals surface area contributed by atoms with Crippen molar-refractivity contribution >= 4 is 23.4 Å². The van der Waals surface area contributed by atoms with E-state index in [2.05, 4.69) is 10.6 Å². The Morgan fingerprint density at radius 1 is 1.38 bits per heavy atom. The van der Waals surface area contributed by atoms with Crippen LogP contribution in [0.1, 0.15) is 32.8 Å². The van der Waals surface area contributed by atoms with E-state index in [4.69, 9.17) is 21.6 Å². The smallest absolute Gasteiger partial charge is 0.407 e. The van der Waals surface area contributed by atoms with Gasteiger partial charge >= 0.3 is 6.09 Å². The maximum absolute atomic E-state index is 11.4. The number of ether oxygens (including phenoxy) is 1. The van der Waals surface area contributed by atoms with Crippen molar-refractivity contribution in [2.75, 3.05) is 18.4 Å². The molecule has 0 aliphatic carbocycles. The van der Waals surface area contributed by atoms with Crippen molar-refractivity contribution < 1.29 is 9.53 Å². The molecular formula is C15H20ClN3O2. The Kier molecular flexibility index (Phi) is 6.32. The van der Waals surface area contributed by atoms with E-state index >= 15 is 0 Å². The molecule has 0 aliphatic heterocycles. The van der Waals surface area contributed by atoms with E-state index in [1.54, 1.807) is 12.1 Å². The second-order valence-electron chi connectivity index (χ2n) is 5.52. The van der Waals surface area contributed by atoms with E-state index < -0.39 is 11.7 Å². The number of anilines is 1. The van der Waals surface area contributed by atoms with Gasteiger partial charge in [0.2, 0.25) is 0 Å². The van der Waals surface area contributed by atoms with Gasteiger partial charge in [0.1, 0.15) is 11.7 Å². The van der Waals surface area contributed by atoms with Crippen molar-refractivity contribution in [3.05, 3.63) is 28.8 Å². The fourth-order valence-corrected chi connectivity index (χ4v) is 1.71. The molecule has 1 amide bonds. The molecule has 0 spiro atoms. The molecule has 21 heavy (non-hydrogen) atoms. The van der Waals surface area contributed by atoms with Crippen LogP contribution in [-0.2, 0) is 4.74 Å². The Hall–Kier alpha value is -1.93. The minimum atomic E-state index is -0.487. The molecule has 0 fully saturated rings. The zero-order valence-electron chi connectivity index (χ0n) is 12.5. The molecule has 1 rings (SSSR count). The molecule has 0 saturated heterocycles. The monoisotopic (exact) mass is 309 g/mol. The lowest BCUT2D eigenvalue weighted by Crippen LogP contribution is -2.33. The number of benzene rings is 1. The second kappa shape index (κ2) is 7.75. The summed E-state index contributed by atoms with van der Waals surface area (Å²) < 4.78 is 5.12. The fraction of sp³-hybridized carbons (Fsp3) is 0.467. The summed E-state index contributed by atoms with van der Waals surface area (Å²) in [7, 11) is 0. The average Bonchev–Trinajstić information content (AvgIpc) is 2.38. The van der Waals surface area contributed by atoms with E-state index in [0.29, 0.717) is 23.7 Å². The minimum absolute atomic E-state index is 0.416. The van der Waals surface area contributed by atoms with Crippen LogP contribution in [0.5, 0.6) is 0 Å². The topological polar surface area (TPSA) is 74.2 Å². The summed E-state index contributed by atoms with van der Waals surface area (Å²) in [6, 6.07) is 7.22. The molecule has 6 heteroatoms.